The van der Waals surface area contributed by atoms with Crippen LogP contribution in [0.2, 0.25) is 0 Å². The number of nitrogens with two attached hydrogens (primary N) is 1. The molecule has 1 aromatic carbocycles. The lowest BCUT2D eigenvalue weighted by atomic mass is 10.0. The minimum absolute atomic E-state index is 0.624. The molecule has 0 atom stereocenters. The lowest BCUT2D eigenvalue weighted by Gasteiger charge is -2.32. The topological polar surface area (TPSA) is 38.5 Å². The molecule has 0 fully saturated rings. The minimum Gasteiger partial charge on any atom is -0.497 e. The van der Waals surface area contributed by atoms with Crippen molar-refractivity contribution in [3.05, 3.63) is 23.8 Å². The Labute approximate surface area is 124 Å². The van der Waals surface area contributed by atoms with Crippen LogP contribution in [0.1, 0.15) is 46.1 Å². The fraction of sp³-hybridized carbons (Fsp3) is 0.647. The SMILES string of the molecule is CCC(CC)N(Cc1ccc(OC)cc1N)CC(C)C. The Hall–Kier alpha value is -1.22. The average Bonchev–Trinajstić information content (AvgIpc) is 2.41. The summed E-state index contributed by atoms with van der Waals surface area (Å²) in [6.45, 7) is 11.1. The zero-order chi connectivity index (χ0) is 15.1. The van der Waals surface area contributed by atoms with Gasteiger partial charge in [0.15, 0.2) is 0 Å². The predicted molar refractivity (Wildman–Crippen MR) is 87.0 cm³/mol. The number of rotatable bonds is 8. The third-order valence-electron chi connectivity index (χ3n) is 3.79. The normalized spacial score (nSPS) is 11.6. The summed E-state index contributed by atoms with van der Waals surface area (Å²) < 4.78 is 5.22. The van der Waals surface area contributed by atoms with Crippen molar-refractivity contribution in [1.29, 1.82) is 0 Å². The Balaban J connectivity index is 2.88. The summed E-state index contributed by atoms with van der Waals surface area (Å²) in [5, 5.41) is 0. The summed E-state index contributed by atoms with van der Waals surface area (Å²) in [6.07, 6.45) is 2.36. The molecule has 0 heterocycles. The third kappa shape index (κ3) is 4.71. The van der Waals surface area contributed by atoms with Gasteiger partial charge in [-0.3, -0.25) is 4.90 Å². The zero-order valence-corrected chi connectivity index (χ0v) is 13.6. The van der Waals surface area contributed by atoms with E-state index in [0.717, 1.165) is 24.5 Å². The molecule has 0 bridgehead atoms. The number of hydrogen-bond donors (Lipinski definition) is 1. The molecule has 0 spiro atoms. The molecule has 2 N–H and O–H groups in total. The number of ether oxygens (including phenoxy) is 1. The van der Waals surface area contributed by atoms with E-state index in [9.17, 15) is 0 Å². The van der Waals surface area contributed by atoms with Crippen LogP contribution in [0.3, 0.4) is 0 Å². The molecule has 1 rings (SSSR count). The van der Waals surface area contributed by atoms with Crippen LogP contribution in [0, 0.1) is 5.92 Å². The first-order valence-electron chi connectivity index (χ1n) is 7.68. The molecule has 0 unspecified atom stereocenters. The molecule has 0 saturated carbocycles. The molecular formula is C17H30N2O. The van der Waals surface area contributed by atoms with Gasteiger partial charge in [0, 0.05) is 30.9 Å². The summed E-state index contributed by atoms with van der Waals surface area (Å²) in [5.74, 6) is 1.49. The maximum absolute atomic E-state index is 6.15. The van der Waals surface area contributed by atoms with E-state index >= 15 is 0 Å². The van der Waals surface area contributed by atoms with Gasteiger partial charge in [0.2, 0.25) is 0 Å². The highest BCUT2D eigenvalue weighted by Gasteiger charge is 2.17. The Morgan fingerprint density at radius 1 is 1.20 bits per heavy atom. The van der Waals surface area contributed by atoms with Crippen molar-refractivity contribution in [2.24, 2.45) is 5.92 Å². The van der Waals surface area contributed by atoms with E-state index in [0.29, 0.717) is 12.0 Å². The van der Waals surface area contributed by atoms with Crippen LogP contribution >= 0.6 is 0 Å². The highest BCUT2D eigenvalue weighted by Crippen LogP contribution is 2.23. The monoisotopic (exact) mass is 278 g/mol. The van der Waals surface area contributed by atoms with E-state index in [1.807, 2.05) is 12.1 Å². The first kappa shape index (κ1) is 16.8. The molecule has 1 aromatic rings. The first-order valence-corrected chi connectivity index (χ1v) is 7.68. The number of anilines is 1. The smallest absolute Gasteiger partial charge is 0.120 e. The zero-order valence-electron chi connectivity index (χ0n) is 13.6. The highest BCUT2D eigenvalue weighted by atomic mass is 16.5. The molecule has 114 valence electrons. The molecule has 3 nitrogen and oxygen atoms in total. The second-order valence-corrected chi connectivity index (χ2v) is 5.86. The minimum atomic E-state index is 0.624. The second-order valence-electron chi connectivity index (χ2n) is 5.86. The molecule has 0 aliphatic heterocycles. The highest BCUT2D eigenvalue weighted by molar-refractivity contribution is 5.51. The van der Waals surface area contributed by atoms with Crippen LogP contribution in [-0.2, 0) is 6.54 Å². The largest absolute Gasteiger partial charge is 0.497 e. The fourth-order valence-corrected chi connectivity index (χ4v) is 2.68. The quantitative estimate of drug-likeness (QED) is 0.732. The summed E-state index contributed by atoms with van der Waals surface area (Å²) in [7, 11) is 1.67. The van der Waals surface area contributed by atoms with E-state index in [4.69, 9.17) is 10.5 Å². The van der Waals surface area contributed by atoms with Crippen molar-refractivity contribution >= 4 is 5.69 Å². The number of nitrogens with zero attached hydrogens (tertiary/aromatic N) is 1. The summed E-state index contributed by atoms with van der Waals surface area (Å²) >= 11 is 0. The Morgan fingerprint density at radius 2 is 1.85 bits per heavy atom. The molecule has 20 heavy (non-hydrogen) atoms. The molecule has 0 amide bonds. The van der Waals surface area contributed by atoms with Crippen molar-refractivity contribution in [2.45, 2.75) is 53.1 Å². The van der Waals surface area contributed by atoms with Crippen molar-refractivity contribution in [2.75, 3.05) is 19.4 Å². The van der Waals surface area contributed by atoms with Crippen molar-refractivity contribution in [1.82, 2.24) is 4.90 Å². The first-order chi connectivity index (χ1) is 9.51. The molecule has 0 aromatic heterocycles. The van der Waals surface area contributed by atoms with Crippen LogP contribution in [0.5, 0.6) is 5.75 Å². The van der Waals surface area contributed by atoms with Gasteiger partial charge in [0.05, 0.1) is 7.11 Å². The Bertz CT molecular complexity index is 400. The molecule has 0 radical (unpaired) electrons. The van der Waals surface area contributed by atoms with Crippen LogP contribution in [0.4, 0.5) is 5.69 Å². The van der Waals surface area contributed by atoms with Crippen molar-refractivity contribution < 1.29 is 4.74 Å². The van der Waals surface area contributed by atoms with E-state index in [1.54, 1.807) is 7.11 Å². The van der Waals surface area contributed by atoms with Gasteiger partial charge in [-0.2, -0.15) is 0 Å². The van der Waals surface area contributed by atoms with Gasteiger partial charge in [-0.1, -0.05) is 33.8 Å². The molecule has 0 saturated heterocycles. The van der Waals surface area contributed by atoms with Gasteiger partial charge >= 0.3 is 0 Å². The van der Waals surface area contributed by atoms with Gasteiger partial charge < -0.3 is 10.5 Å². The number of nitrogen functional groups attached to an aromatic ring is 1. The Morgan fingerprint density at radius 3 is 2.30 bits per heavy atom. The summed E-state index contributed by atoms with van der Waals surface area (Å²) in [4.78, 5) is 2.56. The van der Waals surface area contributed by atoms with Crippen molar-refractivity contribution in [3.8, 4) is 5.75 Å². The van der Waals surface area contributed by atoms with E-state index in [2.05, 4.69) is 38.7 Å². The number of benzene rings is 1. The molecule has 3 heteroatoms. The second kappa shape index (κ2) is 8.15. The van der Waals surface area contributed by atoms with Gasteiger partial charge in [-0.25, -0.2) is 0 Å². The summed E-state index contributed by atoms with van der Waals surface area (Å²) in [6, 6.07) is 6.62. The lowest BCUT2D eigenvalue weighted by molar-refractivity contribution is 0.157. The van der Waals surface area contributed by atoms with E-state index in [-0.39, 0.29) is 0 Å². The van der Waals surface area contributed by atoms with Crippen LogP contribution in [0.25, 0.3) is 0 Å². The lowest BCUT2D eigenvalue weighted by Crippen LogP contribution is -2.36. The van der Waals surface area contributed by atoms with Crippen molar-refractivity contribution in [3.63, 3.8) is 0 Å². The number of hydrogen-bond acceptors (Lipinski definition) is 3. The standard InChI is InChI=1S/C17H30N2O/c1-6-15(7-2)19(11-13(3)4)12-14-8-9-16(20-5)10-17(14)18/h8-10,13,15H,6-7,11-12,18H2,1-5H3. The molecule has 0 aliphatic carbocycles. The summed E-state index contributed by atoms with van der Waals surface area (Å²) in [5.41, 5.74) is 8.17. The van der Waals surface area contributed by atoms with E-state index < -0.39 is 0 Å². The molecule has 0 aliphatic rings. The third-order valence-corrected chi connectivity index (χ3v) is 3.79. The van der Waals surface area contributed by atoms with Gasteiger partial charge in [-0.15, -0.1) is 0 Å². The fourth-order valence-electron chi connectivity index (χ4n) is 2.68. The number of methoxy groups -OCH3 is 1. The average molecular weight is 278 g/mol. The van der Waals surface area contributed by atoms with Gasteiger partial charge in [-0.05, 0) is 30.4 Å². The maximum atomic E-state index is 6.15. The maximum Gasteiger partial charge on any atom is 0.120 e. The van der Waals surface area contributed by atoms with Crippen LogP contribution in [-0.4, -0.2) is 24.6 Å². The van der Waals surface area contributed by atoms with E-state index in [1.165, 1.54) is 18.4 Å². The predicted octanol–water partition coefficient (Wildman–Crippen LogP) is 3.92. The van der Waals surface area contributed by atoms with Crippen LogP contribution in [0.15, 0.2) is 18.2 Å². The van der Waals surface area contributed by atoms with Crippen LogP contribution < -0.4 is 10.5 Å². The van der Waals surface area contributed by atoms with Gasteiger partial charge in [0.1, 0.15) is 5.75 Å². The Kier molecular flexibility index (Phi) is 6.86. The molecular weight excluding hydrogens is 248 g/mol. The van der Waals surface area contributed by atoms with Gasteiger partial charge in [0.25, 0.3) is 0 Å².